The number of aromatic amines is 1. The van der Waals surface area contributed by atoms with Crippen LogP contribution in [0.25, 0.3) is 11.3 Å². The van der Waals surface area contributed by atoms with Crippen LogP contribution < -0.4 is 5.32 Å². The minimum Gasteiger partial charge on any atom is -0.349 e. The van der Waals surface area contributed by atoms with E-state index in [4.69, 9.17) is 0 Å². The molecule has 2 aromatic heterocycles. The maximum atomic E-state index is 12.2. The number of pyridine rings is 1. The van der Waals surface area contributed by atoms with Crippen LogP contribution in [0.1, 0.15) is 30.3 Å². The molecule has 6 nitrogen and oxygen atoms in total. The number of carbonyl (C=O) groups is 1. The zero-order valence-electron chi connectivity index (χ0n) is 12.7. The monoisotopic (exact) mass is 299 g/mol. The Morgan fingerprint density at radius 2 is 2.45 bits per heavy atom. The van der Waals surface area contributed by atoms with Gasteiger partial charge in [0, 0.05) is 30.5 Å². The SMILES string of the molecule is CCN1CCC[C@H]1CNC(=O)c1cc(-c2cccnc2)n[nH]1. The molecule has 2 N–H and O–H groups in total. The lowest BCUT2D eigenvalue weighted by molar-refractivity contribution is 0.0936. The third-order valence-corrected chi connectivity index (χ3v) is 4.18. The van der Waals surface area contributed by atoms with Crippen LogP contribution >= 0.6 is 0 Å². The van der Waals surface area contributed by atoms with Crippen LogP contribution in [-0.2, 0) is 0 Å². The minimum atomic E-state index is -0.106. The van der Waals surface area contributed by atoms with Gasteiger partial charge < -0.3 is 5.32 Å². The Morgan fingerprint density at radius 1 is 1.55 bits per heavy atom. The van der Waals surface area contributed by atoms with Gasteiger partial charge in [-0.2, -0.15) is 5.10 Å². The van der Waals surface area contributed by atoms with E-state index in [1.54, 1.807) is 18.5 Å². The van der Waals surface area contributed by atoms with E-state index < -0.39 is 0 Å². The van der Waals surface area contributed by atoms with Crippen molar-refractivity contribution in [2.24, 2.45) is 0 Å². The smallest absolute Gasteiger partial charge is 0.269 e. The lowest BCUT2D eigenvalue weighted by atomic mass is 10.2. The molecule has 1 aliphatic rings. The molecular weight excluding hydrogens is 278 g/mol. The van der Waals surface area contributed by atoms with Crippen LogP contribution in [0, 0.1) is 0 Å². The fourth-order valence-corrected chi connectivity index (χ4v) is 2.95. The van der Waals surface area contributed by atoms with Gasteiger partial charge in [-0.15, -0.1) is 0 Å². The van der Waals surface area contributed by atoms with Crippen LogP contribution in [-0.4, -0.2) is 51.7 Å². The fourth-order valence-electron chi connectivity index (χ4n) is 2.95. The van der Waals surface area contributed by atoms with E-state index in [0.29, 0.717) is 18.3 Å². The molecule has 22 heavy (non-hydrogen) atoms. The molecule has 1 atom stereocenters. The number of hydrogen-bond donors (Lipinski definition) is 2. The van der Waals surface area contributed by atoms with Crippen LogP contribution in [0.15, 0.2) is 30.6 Å². The molecule has 0 aliphatic carbocycles. The van der Waals surface area contributed by atoms with Crippen molar-refractivity contribution in [1.82, 2.24) is 25.4 Å². The third-order valence-electron chi connectivity index (χ3n) is 4.18. The van der Waals surface area contributed by atoms with E-state index in [9.17, 15) is 4.79 Å². The van der Waals surface area contributed by atoms with E-state index in [0.717, 1.165) is 30.8 Å². The van der Waals surface area contributed by atoms with Crippen molar-refractivity contribution in [3.05, 3.63) is 36.3 Å². The van der Waals surface area contributed by atoms with Gasteiger partial charge in [0.2, 0.25) is 0 Å². The zero-order valence-corrected chi connectivity index (χ0v) is 12.7. The topological polar surface area (TPSA) is 73.9 Å². The second-order valence-electron chi connectivity index (χ2n) is 5.54. The van der Waals surface area contributed by atoms with Crippen molar-refractivity contribution < 1.29 is 4.79 Å². The second kappa shape index (κ2) is 6.70. The molecule has 0 saturated carbocycles. The Bertz CT molecular complexity index is 624. The van der Waals surface area contributed by atoms with Crippen LogP contribution in [0.4, 0.5) is 0 Å². The first-order valence-electron chi connectivity index (χ1n) is 7.76. The Balaban J connectivity index is 1.60. The summed E-state index contributed by atoms with van der Waals surface area (Å²) in [5, 5.41) is 9.99. The summed E-state index contributed by atoms with van der Waals surface area (Å²) in [7, 11) is 0. The number of amides is 1. The summed E-state index contributed by atoms with van der Waals surface area (Å²) < 4.78 is 0. The molecule has 0 spiro atoms. The molecule has 2 aromatic rings. The van der Waals surface area contributed by atoms with Crippen molar-refractivity contribution >= 4 is 5.91 Å². The van der Waals surface area contributed by atoms with E-state index >= 15 is 0 Å². The van der Waals surface area contributed by atoms with Gasteiger partial charge in [0.15, 0.2) is 0 Å². The number of nitrogens with zero attached hydrogens (tertiary/aromatic N) is 3. The van der Waals surface area contributed by atoms with Gasteiger partial charge in [-0.25, -0.2) is 0 Å². The lowest BCUT2D eigenvalue weighted by Gasteiger charge is -2.22. The Hall–Kier alpha value is -2.21. The standard InChI is InChI=1S/C16H21N5O/c1-2-21-8-4-6-13(21)11-18-16(22)15-9-14(19-20-15)12-5-3-7-17-10-12/h3,5,7,9-10,13H,2,4,6,8,11H2,1H3,(H,18,22)(H,19,20)/t13-/m0/s1. The van der Waals surface area contributed by atoms with Gasteiger partial charge >= 0.3 is 0 Å². The molecule has 0 radical (unpaired) electrons. The molecule has 1 fully saturated rings. The van der Waals surface area contributed by atoms with Crippen molar-refractivity contribution in [2.75, 3.05) is 19.6 Å². The summed E-state index contributed by atoms with van der Waals surface area (Å²) in [6.07, 6.45) is 5.81. The van der Waals surface area contributed by atoms with Gasteiger partial charge in [0.05, 0.1) is 5.69 Å². The highest BCUT2D eigenvalue weighted by molar-refractivity contribution is 5.93. The lowest BCUT2D eigenvalue weighted by Crippen LogP contribution is -2.40. The molecule has 0 unspecified atom stereocenters. The largest absolute Gasteiger partial charge is 0.349 e. The van der Waals surface area contributed by atoms with Crippen molar-refractivity contribution in [3.8, 4) is 11.3 Å². The molecule has 3 rings (SSSR count). The normalized spacial score (nSPS) is 18.5. The van der Waals surface area contributed by atoms with Gasteiger partial charge in [-0.1, -0.05) is 6.92 Å². The number of nitrogens with one attached hydrogen (secondary N) is 2. The molecule has 1 saturated heterocycles. The molecule has 6 heteroatoms. The Morgan fingerprint density at radius 3 is 3.23 bits per heavy atom. The number of hydrogen-bond acceptors (Lipinski definition) is 4. The first kappa shape index (κ1) is 14.7. The molecule has 116 valence electrons. The van der Waals surface area contributed by atoms with Crippen LogP contribution in [0.3, 0.4) is 0 Å². The summed E-state index contributed by atoms with van der Waals surface area (Å²) >= 11 is 0. The number of likely N-dealkylation sites (tertiary alicyclic amines) is 1. The maximum Gasteiger partial charge on any atom is 0.269 e. The maximum absolute atomic E-state index is 12.2. The van der Waals surface area contributed by atoms with Crippen molar-refractivity contribution in [1.29, 1.82) is 0 Å². The predicted octanol–water partition coefficient (Wildman–Crippen LogP) is 1.69. The summed E-state index contributed by atoms with van der Waals surface area (Å²) in [5.74, 6) is -0.106. The minimum absolute atomic E-state index is 0.106. The molecule has 3 heterocycles. The summed E-state index contributed by atoms with van der Waals surface area (Å²) in [4.78, 5) is 18.7. The number of likely N-dealkylation sites (N-methyl/N-ethyl adjacent to an activating group) is 1. The highest BCUT2D eigenvalue weighted by Gasteiger charge is 2.23. The first-order valence-corrected chi connectivity index (χ1v) is 7.76. The van der Waals surface area contributed by atoms with Crippen molar-refractivity contribution in [2.45, 2.75) is 25.8 Å². The summed E-state index contributed by atoms with van der Waals surface area (Å²) in [6, 6.07) is 5.99. The molecule has 1 amide bonds. The number of H-pyrrole nitrogens is 1. The molecule has 0 bridgehead atoms. The fraction of sp³-hybridized carbons (Fsp3) is 0.438. The summed E-state index contributed by atoms with van der Waals surface area (Å²) in [6.45, 7) is 5.02. The van der Waals surface area contributed by atoms with Crippen LogP contribution in [0.5, 0.6) is 0 Å². The summed E-state index contributed by atoms with van der Waals surface area (Å²) in [5.41, 5.74) is 2.11. The van der Waals surface area contributed by atoms with E-state index in [-0.39, 0.29) is 5.91 Å². The highest BCUT2D eigenvalue weighted by atomic mass is 16.1. The Labute approximate surface area is 129 Å². The average Bonchev–Trinajstić information content (AvgIpc) is 3.22. The second-order valence-corrected chi connectivity index (χ2v) is 5.54. The third kappa shape index (κ3) is 3.17. The number of carbonyl (C=O) groups excluding carboxylic acids is 1. The van der Waals surface area contributed by atoms with Gasteiger partial charge in [0.1, 0.15) is 5.69 Å². The quantitative estimate of drug-likeness (QED) is 0.881. The van der Waals surface area contributed by atoms with Gasteiger partial charge in [0.25, 0.3) is 5.91 Å². The Kier molecular flexibility index (Phi) is 4.48. The van der Waals surface area contributed by atoms with Gasteiger partial charge in [-0.3, -0.25) is 19.8 Å². The van der Waals surface area contributed by atoms with E-state index in [1.165, 1.54) is 6.42 Å². The highest BCUT2D eigenvalue weighted by Crippen LogP contribution is 2.17. The number of rotatable bonds is 5. The van der Waals surface area contributed by atoms with Crippen LogP contribution in [0.2, 0.25) is 0 Å². The predicted molar refractivity (Wildman–Crippen MR) is 84.4 cm³/mol. The first-order chi connectivity index (χ1) is 10.8. The van der Waals surface area contributed by atoms with Gasteiger partial charge in [-0.05, 0) is 44.1 Å². The van der Waals surface area contributed by atoms with E-state index in [2.05, 4.69) is 32.3 Å². The zero-order chi connectivity index (χ0) is 15.4. The number of aromatic nitrogens is 3. The molecular formula is C16H21N5O. The van der Waals surface area contributed by atoms with E-state index in [1.807, 2.05) is 12.1 Å². The van der Waals surface area contributed by atoms with Crippen molar-refractivity contribution in [3.63, 3.8) is 0 Å². The molecule has 1 aliphatic heterocycles. The molecule has 0 aromatic carbocycles. The average molecular weight is 299 g/mol.